The van der Waals surface area contributed by atoms with E-state index >= 15 is 0 Å². The minimum atomic E-state index is 0.0399. The lowest BCUT2D eigenvalue weighted by Gasteiger charge is -2.23. The fraction of sp³-hybridized carbons (Fsp3) is 0.833. The molecular weight excluding hydrogens is 128 g/mol. The van der Waals surface area contributed by atoms with Gasteiger partial charge < -0.3 is 0 Å². The van der Waals surface area contributed by atoms with Crippen molar-refractivity contribution >= 4 is 5.84 Å². The highest BCUT2D eigenvalue weighted by Crippen LogP contribution is 2.18. The van der Waals surface area contributed by atoms with Gasteiger partial charge in [0.15, 0.2) is 0 Å². The summed E-state index contributed by atoms with van der Waals surface area (Å²) in [5.74, 6) is 6.51. The summed E-state index contributed by atoms with van der Waals surface area (Å²) in [6, 6.07) is 0. The van der Waals surface area contributed by atoms with Crippen LogP contribution in [0.3, 0.4) is 0 Å². The molecule has 0 radical (unpaired) electrons. The molecule has 58 valence electrons. The van der Waals surface area contributed by atoms with Crippen LogP contribution in [0.2, 0.25) is 0 Å². The van der Waals surface area contributed by atoms with E-state index in [0.717, 1.165) is 5.84 Å². The monoisotopic (exact) mass is 142 g/mol. The maximum atomic E-state index is 5.61. The highest BCUT2D eigenvalue weighted by molar-refractivity contribution is 5.87. The summed E-state index contributed by atoms with van der Waals surface area (Å²) in [5, 5.41) is 5.68. The number of hydrogen-bond acceptors (Lipinski definition) is 4. The highest BCUT2D eigenvalue weighted by Gasteiger charge is 2.26. The second-order valence-corrected chi connectivity index (χ2v) is 3.47. The van der Waals surface area contributed by atoms with Gasteiger partial charge in [-0.15, -0.1) is 0 Å². The molecule has 0 unspecified atom stereocenters. The summed E-state index contributed by atoms with van der Waals surface area (Å²) in [5.41, 5.74) is 2.86. The third-order valence-electron chi connectivity index (χ3n) is 1.37. The van der Waals surface area contributed by atoms with E-state index in [0.29, 0.717) is 6.67 Å². The van der Waals surface area contributed by atoms with Crippen LogP contribution in [0.4, 0.5) is 0 Å². The first-order valence-electron chi connectivity index (χ1n) is 3.35. The Bertz CT molecular complexity index is 156. The van der Waals surface area contributed by atoms with Crippen LogP contribution in [0.1, 0.15) is 20.8 Å². The number of nitrogens with two attached hydrogens (primary N) is 1. The van der Waals surface area contributed by atoms with Crippen LogP contribution >= 0.6 is 0 Å². The van der Waals surface area contributed by atoms with Crippen molar-refractivity contribution in [2.75, 3.05) is 6.67 Å². The third kappa shape index (κ3) is 1.21. The average molecular weight is 142 g/mol. The molecule has 0 spiro atoms. The fourth-order valence-corrected chi connectivity index (χ4v) is 0.924. The second kappa shape index (κ2) is 2.12. The van der Waals surface area contributed by atoms with E-state index in [-0.39, 0.29) is 5.41 Å². The quantitative estimate of drug-likeness (QED) is 0.471. The van der Waals surface area contributed by atoms with Gasteiger partial charge in [-0.3, -0.25) is 10.4 Å². The van der Waals surface area contributed by atoms with Crippen LogP contribution in [-0.4, -0.2) is 17.5 Å². The molecule has 0 aromatic rings. The molecule has 0 fully saturated rings. The van der Waals surface area contributed by atoms with Crippen LogP contribution in [0.25, 0.3) is 0 Å². The zero-order valence-electron chi connectivity index (χ0n) is 6.68. The Morgan fingerprint density at radius 3 is 2.40 bits per heavy atom. The van der Waals surface area contributed by atoms with Crippen molar-refractivity contribution in [3.05, 3.63) is 0 Å². The van der Waals surface area contributed by atoms with Crippen LogP contribution in [0, 0.1) is 5.41 Å². The van der Waals surface area contributed by atoms with Gasteiger partial charge in [0.2, 0.25) is 0 Å². The first-order valence-corrected chi connectivity index (χ1v) is 3.35. The molecule has 0 aromatic carbocycles. The summed E-state index contributed by atoms with van der Waals surface area (Å²) in [6.07, 6.45) is 0. The average Bonchev–Trinajstić information content (AvgIpc) is 2.11. The molecule has 0 bridgehead atoms. The third-order valence-corrected chi connectivity index (χ3v) is 1.37. The lowest BCUT2D eigenvalue weighted by Crippen LogP contribution is -2.42. The van der Waals surface area contributed by atoms with Crippen molar-refractivity contribution in [3.63, 3.8) is 0 Å². The van der Waals surface area contributed by atoms with Gasteiger partial charge in [0.25, 0.3) is 0 Å². The Morgan fingerprint density at radius 2 is 2.20 bits per heavy atom. The summed E-state index contributed by atoms with van der Waals surface area (Å²) in [6.45, 7) is 6.86. The van der Waals surface area contributed by atoms with Crippen molar-refractivity contribution in [2.45, 2.75) is 20.8 Å². The molecule has 0 saturated carbocycles. The van der Waals surface area contributed by atoms with Gasteiger partial charge in [-0.05, 0) is 0 Å². The van der Waals surface area contributed by atoms with E-state index in [1.807, 2.05) is 0 Å². The van der Waals surface area contributed by atoms with E-state index in [1.54, 1.807) is 5.01 Å². The van der Waals surface area contributed by atoms with Gasteiger partial charge in [-0.25, -0.2) is 5.84 Å². The first kappa shape index (κ1) is 7.34. The van der Waals surface area contributed by atoms with Gasteiger partial charge in [-0.2, -0.15) is 5.10 Å². The minimum absolute atomic E-state index is 0.0399. The highest BCUT2D eigenvalue weighted by atomic mass is 15.6. The molecule has 0 atom stereocenters. The fourth-order valence-electron chi connectivity index (χ4n) is 0.924. The van der Waals surface area contributed by atoms with Gasteiger partial charge >= 0.3 is 0 Å². The van der Waals surface area contributed by atoms with Crippen LogP contribution in [0.15, 0.2) is 5.10 Å². The Labute approximate surface area is 61.0 Å². The molecule has 1 heterocycles. The summed E-state index contributed by atoms with van der Waals surface area (Å²) in [4.78, 5) is 0. The van der Waals surface area contributed by atoms with E-state index < -0.39 is 0 Å². The summed E-state index contributed by atoms with van der Waals surface area (Å²) >= 11 is 0. The molecule has 0 aliphatic carbocycles. The van der Waals surface area contributed by atoms with E-state index in [2.05, 4.69) is 31.3 Å². The first-order chi connectivity index (χ1) is 4.52. The smallest absolute Gasteiger partial charge is 0.145 e. The van der Waals surface area contributed by atoms with Gasteiger partial charge in [0.05, 0.1) is 0 Å². The Morgan fingerprint density at radius 1 is 1.60 bits per heavy atom. The summed E-state index contributed by atoms with van der Waals surface area (Å²) in [7, 11) is 0. The topological polar surface area (TPSA) is 53.7 Å². The molecule has 1 aliphatic heterocycles. The predicted molar refractivity (Wildman–Crippen MR) is 40.9 cm³/mol. The van der Waals surface area contributed by atoms with E-state index in [1.165, 1.54) is 0 Å². The molecule has 3 N–H and O–H groups in total. The standard InChI is InChI=1S/C6H14N4/c1-6(2,3)5-9-8-4-10(5)7/h8H,4,7H2,1-3H3. The lowest BCUT2D eigenvalue weighted by atomic mass is 9.95. The Kier molecular flexibility index (Phi) is 1.56. The zero-order valence-corrected chi connectivity index (χ0v) is 6.68. The molecular formula is C6H14N4. The normalized spacial score (nSPS) is 18.8. The van der Waals surface area contributed by atoms with Crippen LogP contribution < -0.4 is 11.3 Å². The zero-order chi connectivity index (χ0) is 7.78. The number of hydrazine groups is 1. The van der Waals surface area contributed by atoms with Crippen molar-refractivity contribution < 1.29 is 0 Å². The summed E-state index contributed by atoms with van der Waals surface area (Å²) < 4.78 is 0. The molecule has 10 heavy (non-hydrogen) atoms. The lowest BCUT2D eigenvalue weighted by molar-refractivity contribution is 0.401. The van der Waals surface area contributed by atoms with Crippen molar-refractivity contribution in [1.29, 1.82) is 0 Å². The molecule has 4 nitrogen and oxygen atoms in total. The van der Waals surface area contributed by atoms with Gasteiger partial charge in [-0.1, -0.05) is 20.8 Å². The van der Waals surface area contributed by atoms with Crippen molar-refractivity contribution in [2.24, 2.45) is 16.4 Å². The van der Waals surface area contributed by atoms with Gasteiger partial charge in [0.1, 0.15) is 12.5 Å². The molecule has 0 amide bonds. The molecule has 0 saturated heterocycles. The number of nitrogens with one attached hydrogen (secondary N) is 1. The number of hydrogen-bond donors (Lipinski definition) is 2. The predicted octanol–water partition coefficient (Wildman–Crippen LogP) is 0.0824. The van der Waals surface area contributed by atoms with Crippen molar-refractivity contribution in [1.82, 2.24) is 10.4 Å². The molecule has 1 aliphatic rings. The van der Waals surface area contributed by atoms with Gasteiger partial charge in [0, 0.05) is 5.41 Å². The number of rotatable bonds is 0. The minimum Gasteiger partial charge on any atom is -0.287 e. The largest absolute Gasteiger partial charge is 0.287 e. The maximum Gasteiger partial charge on any atom is 0.145 e. The van der Waals surface area contributed by atoms with E-state index in [4.69, 9.17) is 5.84 Å². The Balaban J connectivity index is 2.72. The second-order valence-electron chi connectivity index (χ2n) is 3.47. The van der Waals surface area contributed by atoms with E-state index in [9.17, 15) is 0 Å². The maximum absolute atomic E-state index is 5.61. The van der Waals surface area contributed by atoms with Crippen LogP contribution in [0.5, 0.6) is 0 Å². The number of hydrazone groups is 1. The number of amidine groups is 1. The molecule has 0 aromatic heterocycles. The SMILES string of the molecule is CC(C)(C)C1=NNCN1N. The Hall–Kier alpha value is -0.770. The number of nitrogens with zero attached hydrogens (tertiary/aromatic N) is 2. The van der Waals surface area contributed by atoms with Crippen molar-refractivity contribution in [3.8, 4) is 0 Å². The molecule has 1 rings (SSSR count). The van der Waals surface area contributed by atoms with Crippen LogP contribution in [-0.2, 0) is 0 Å². The molecule has 4 heteroatoms.